The van der Waals surface area contributed by atoms with Crippen LogP contribution in [0.5, 0.6) is 0 Å². The van der Waals surface area contributed by atoms with Crippen LogP contribution in [0.4, 0.5) is 0 Å². The molecule has 0 aromatic carbocycles. The average molecular weight is 767 g/mol. The summed E-state index contributed by atoms with van der Waals surface area (Å²) in [6.45, 7) is 15.5. The zero-order valence-corrected chi connectivity index (χ0v) is 33.8. The highest BCUT2D eigenvalue weighted by Crippen LogP contribution is 2.42. The zero-order valence-electron chi connectivity index (χ0n) is 36.8. The van der Waals surface area contributed by atoms with E-state index in [1.54, 1.807) is 41.5 Å². The molecule has 18 atom stereocenters. The monoisotopic (exact) mass is 766 g/mol. The molecule has 53 heavy (non-hydrogen) atoms. The number of ketones is 1. The Balaban J connectivity index is 2.32. The third kappa shape index (κ3) is 9.80. The molecule has 3 heterocycles. The van der Waals surface area contributed by atoms with Gasteiger partial charge in [-0.05, 0) is 54.4 Å². The number of Topliss-reactive ketones (excluding diaryl/α,β-unsaturated/α-hetero) is 1. The number of aliphatic hydroxyl groups excluding tert-OH is 3. The third-order valence-electron chi connectivity index (χ3n) is 12.2. The summed E-state index contributed by atoms with van der Waals surface area (Å²) in [7, 11) is 1.12. The molecular formula is C38H69NO14. The highest BCUT2D eigenvalue weighted by Gasteiger charge is 2.54. The second-order valence-electron chi connectivity index (χ2n) is 17.0. The predicted octanol–water partition coefficient (Wildman–Crippen LogP) is 2.45. The second kappa shape index (κ2) is 17.4. The van der Waals surface area contributed by atoms with Crippen molar-refractivity contribution in [1.29, 1.82) is 0 Å². The van der Waals surface area contributed by atoms with Gasteiger partial charge < -0.3 is 63.4 Å². The van der Waals surface area contributed by atoms with Gasteiger partial charge >= 0.3 is 5.97 Å². The molecule has 0 spiro atoms. The maximum absolute atomic E-state index is 14.2. The van der Waals surface area contributed by atoms with Gasteiger partial charge in [0.15, 0.2) is 18.7 Å². The van der Waals surface area contributed by atoms with Gasteiger partial charge in [-0.2, -0.15) is 0 Å². The molecule has 15 nitrogen and oxygen atoms in total. The number of likely N-dealkylation sites (N-methyl/N-ethyl adjacent to an activating group) is 1. The highest BCUT2D eigenvalue weighted by molar-refractivity contribution is 5.83. The molecule has 0 saturated carbocycles. The minimum Gasteiger partial charge on any atom is -0.633 e. The van der Waals surface area contributed by atoms with Gasteiger partial charge in [0.1, 0.15) is 29.6 Å². The van der Waals surface area contributed by atoms with Crippen molar-refractivity contribution < 1.29 is 71.9 Å². The van der Waals surface area contributed by atoms with Gasteiger partial charge in [-0.15, -0.1) is 0 Å². The molecule has 0 amide bonds. The van der Waals surface area contributed by atoms with Gasteiger partial charge in [-0.3, -0.25) is 9.59 Å². The van der Waals surface area contributed by atoms with E-state index in [1.165, 1.54) is 48.9 Å². The molecule has 0 radical (unpaired) electrons. The summed E-state index contributed by atoms with van der Waals surface area (Å²) in [4.78, 5) is 28.3. The van der Waals surface area contributed by atoms with Crippen LogP contribution in [0.2, 0.25) is 0 Å². The molecule has 0 aliphatic carbocycles. The van der Waals surface area contributed by atoms with Gasteiger partial charge in [-0.1, -0.05) is 27.7 Å². The summed E-state index contributed by atoms with van der Waals surface area (Å²) in [5, 5.41) is 58.9. The minimum absolute atomic E-state index is 0.00336. The summed E-state index contributed by atoms with van der Waals surface area (Å²) < 4.78 is 66.8. The SMILES string of the molecule is [2H]C([2H])([2H])O[C@]1(C)C[C@@H](C)C(=O)[C@H](C)[C@@H](O)[C@](C)(O)[C@@H](CC)OC(=O)[C@H](C)C(O[C@H]2C[C@@](C)(OC)[C@@H](O)[C@H](C)O2)[C@H](C)[C@H]1O[C@@H]1O[C@H](C)C[C@H]([N+](C)(C)[O-])[C@H]1O. The first kappa shape index (κ1) is 41.3. The standard InChI is InChI=1S/C38H69NO14/c1-15-26-38(10,45)31(42)21(4)28(40)19(2)17-37(9,48-14)33(53-35-29(41)25(39(11,12)46)16-20(3)49-35)22(5)30(23(6)34(44)51-26)52-27-18-36(8,47-13)32(43)24(7)50-27/h19-27,29-33,35,41-43,45H,15-18H2,1-14H3/t19-,20-,21+,22+,23-,24+,25+,26-,27+,29-,30?,31-,32+,33-,35+,36-,37-,38-/m1/s1/i14D3. The van der Waals surface area contributed by atoms with Crippen molar-refractivity contribution in [1.82, 2.24) is 0 Å². The van der Waals surface area contributed by atoms with Crippen LogP contribution < -0.4 is 0 Å². The van der Waals surface area contributed by atoms with E-state index in [0.29, 0.717) is 0 Å². The van der Waals surface area contributed by atoms with Crippen molar-refractivity contribution in [2.75, 3.05) is 28.2 Å². The van der Waals surface area contributed by atoms with Gasteiger partial charge in [-0.25, -0.2) is 0 Å². The maximum atomic E-state index is 14.2. The van der Waals surface area contributed by atoms with Crippen molar-refractivity contribution in [3.63, 3.8) is 0 Å². The van der Waals surface area contributed by atoms with E-state index in [-0.39, 0.29) is 25.7 Å². The average Bonchev–Trinajstić information content (AvgIpc) is 3.08. The van der Waals surface area contributed by atoms with Gasteiger partial charge in [0.25, 0.3) is 0 Å². The number of carbonyl (C=O) groups excluding carboxylic acids is 2. The Hall–Kier alpha value is -1.34. The molecule has 0 aromatic heterocycles. The molecule has 3 aliphatic rings. The first-order valence-corrected chi connectivity index (χ1v) is 18.9. The third-order valence-corrected chi connectivity index (χ3v) is 12.2. The van der Waals surface area contributed by atoms with Crippen LogP contribution in [0.25, 0.3) is 0 Å². The van der Waals surface area contributed by atoms with E-state index in [4.69, 9.17) is 37.3 Å². The quantitative estimate of drug-likeness (QED) is 0.159. The van der Waals surface area contributed by atoms with E-state index < -0.39 is 131 Å². The molecule has 0 bridgehead atoms. The number of hydrogen-bond donors (Lipinski definition) is 4. The van der Waals surface area contributed by atoms with Crippen molar-refractivity contribution in [3.05, 3.63) is 5.21 Å². The second-order valence-corrected chi connectivity index (χ2v) is 17.0. The van der Waals surface area contributed by atoms with Crippen LogP contribution in [0.1, 0.15) is 99.0 Å². The molecule has 3 fully saturated rings. The van der Waals surface area contributed by atoms with E-state index in [9.17, 15) is 35.2 Å². The first-order valence-electron chi connectivity index (χ1n) is 20.4. The molecule has 1 unspecified atom stereocenters. The Kier molecular flexibility index (Phi) is 13.6. The van der Waals surface area contributed by atoms with Crippen LogP contribution in [0.3, 0.4) is 0 Å². The molecule has 15 heteroatoms. The van der Waals surface area contributed by atoms with Crippen molar-refractivity contribution in [3.8, 4) is 0 Å². The number of nitrogens with zero attached hydrogens (tertiary/aromatic N) is 1. The number of cyclic esters (lactones) is 1. The van der Waals surface area contributed by atoms with Crippen molar-refractivity contribution in [2.24, 2.45) is 23.7 Å². The molecule has 310 valence electrons. The normalized spacial score (nSPS) is 49.6. The number of esters is 1. The van der Waals surface area contributed by atoms with Gasteiger partial charge in [0.2, 0.25) is 0 Å². The van der Waals surface area contributed by atoms with Crippen LogP contribution >= 0.6 is 0 Å². The number of hydroxylamine groups is 3. The fourth-order valence-corrected chi connectivity index (χ4v) is 8.59. The van der Waals surface area contributed by atoms with Crippen molar-refractivity contribution in [2.45, 2.75) is 179 Å². The van der Waals surface area contributed by atoms with Gasteiger partial charge in [0, 0.05) is 44.7 Å². The number of carbonyl (C=O) groups is 2. The Morgan fingerprint density at radius 3 is 2.09 bits per heavy atom. The number of aliphatic hydroxyl groups is 4. The zero-order chi connectivity index (χ0) is 43.1. The fraction of sp³-hybridized carbons (Fsp3) is 0.947. The number of quaternary nitrogens is 1. The van der Waals surface area contributed by atoms with E-state index >= 15 is 0 Å². The minimum atomic E-state index is -3.08. The Morgan fingerprint density at radius 1 is 0.925 bits per heavy atom. The summed E-state index contributed by atoms with van der Waals surface area (Å²) in [6.07, 6.45) is -12.3. The topological polar surface area (TPSA) is 203 Å². The smallest absolute Gasteiger partial charge is 0.311 e. The van der Waals surface area contributed by atoms with Crippen LogP contribution in [-0.4, -0.2) is 149 Å². The number of ether oxygens (including phenoxy) is 7. The Labute approximate surface area is 319 Å². The predicted molar refractivity (Wildman–Crippen MR) is 193 cm³/mol. The van der Waals surface area contributed by atoms with E-state index in [2.05, 4.69) is 0 Å². The maximum Gasteiger partial charge on any atom is 0.311 e. The van der Waals surface area contributed by atoms with E-state index in [1.807, 2.05) is 0 Å². The lowest BCUT2D eigenvalue weighted by atomic mass is 9.74. The molecular weight excluding hydrogens is 694 g/mol. The number of rotatable bonds is 8. The highest BCUT2D eigenvalue weighted by atomic mass is 16.7. The molecule has 4 N–H and O–H groups in total. The summed E-state index contributed by atoms with van der Waals surface area (Å²) in [5.41, 5.74) is -5.19. The summed E-state index contributed by atoms with van der Waals surface area (Å²) in [6, 6.07) is -0.912. The summed E-state index contributed by atoms with van der Waals surface area (Å²) in [5.74, 6) is -5.92. The van der Waals surface area contributed by atoms with Crippen LogP contribution in [0.15, 0.2) is 0 Å². The van der Waals surface area contributed by atoms with Crippen LogP contribution in [-0.2, 0) is 42.7 Å². The number of methoxy groups -OCH3 is 2. The fourth-order valence-electron chi connectivity index (χ4n) is 8.59. The largest absolute Gasteiger partial charge is 0.633 e. The molecule has 0 aromatic rings. The molecule has 3 aliphatic heterocycles. The first-order chi connectivity index (χ1) is 25.4. The Bertz CT molecular complexity index is 1330. The molecule has 3 saturated heterocycles. The lowest BCUT2D eigenvalue weighted by Gasteiger charge is -2.51. The lowest BCUT2D eigenvalue weighted by Crippen LogP contribution is -2.63. The lowest BCUT2D eigenvalue weighted by molar-refractivity contribution is -0.874. The van der Waals surface area contributed by atoms with E-state index in [0.717, 1.165) is 0 Å². The van der Waals surface area contributed by atoms with Crippen molar-refractivity contribution >= 4 is 11.8 Å². The van der Waals surface area contributed by atoms with Crippen LogP contribution in [0, 0.1) is 28.9 Å². The van der Waals surface area contributed by atoms with Gasteiger partial charge in [0.05, 0.1) is 65.8 Å². The Morgan fingerprint density at radius 2 is 1.55 bits per heavy atom. The molecule has 3 rings (SSSR count). The summed E-state index contributed by atoms with van der Waals surface area (Å²) >= 11 is 0. The number of hydrogen-bond acceptors (Lipinski definition) is 14.